The predicted octanol–water partition coefficient (Wildman–Crippen LogP) is 0.717. The highest BCUT2D eigenvalue weighted by atomic mass is 32.2. The Labute approximate surface area is 96.3 Å². The third kappa shape index (κ3) is 2.59. The molecule has 0 aliphatic carbocycles. The number of halogens is 3. The van der Waals surface area contributed by atoms with Crippen LogP contribution in [-0.2, 0) is 10.0 Å². The molecule has 0 radical (unpaired) electrons. The molecule has 96 valence electrons. The number of benzene rings is 1. The van der Waals surface area contributed by atoms with Gasteiger partial charge in [0.1, 0.15) is 4.90 Å². The summed E-state index contributed by atoms with van der Waals surface area (Å²) in [6.45, 7) is -0.748. The number of hydrogen-bond donors (Lipinski definition) is 1. The highest BCUT2D eigenvalue weighted by Crippen LogP contribution is 2.21. The lowest BCUT2D eigenvalue weighted by atomic mass is 10.3. The minimum Gasteiger partial charge on any atom is -0.395 e. The zero-order valence-corrected chi connectivity index (χ0v) is 9.64. The molecular formula is C9H10F3NO3S. The molecule has 1 aromatic carbocycles. The van der Waals surface area contributed by atoms with Crippen LogP contribution >= 0.6 is 0 Å². The number of rotatable bonds is 4. The summed E-state index contributed by atoms with van der Waals surface area (Å²) in [6, 6.07) is 1.16. The zero-order chi connectivity index (χ0) is 13.2. The summed E-state index contributed by atoms with van der Waals surface area (Å²) in [4.78, 5) is -0.965. The first-order valence-corrected chi connectivity index (χ1v) is 5.97. The second-order valence-electron chi connectivity index (χ2n) is 3.22. The number of sulfonamides is 1. The SMILES string of the molecule is CN(CCO)S(=O)(=O)c1ccc(F)c(F)c1F. The molecule has 0 amide bonds. The molecule has 0 spiro atoms. The topological polar surface area (TPSA) is 57.6 Å². The van der Waals surface area contributed by atoms with E-state index in [1.807, 2.05) is 0 Å². The molecule has 0 heterocycles. The molecule has 0 aromatic heterocycles. The van der Waals surface area contributed by atoms with Crippen LogP contribution in [0.5, 0.6) is 0 Å². The number of aliphatic hydroxyl groups excluding tert-OH is 1. The average molecular weight is 269 g/mol. The Morgan fingerprint density at radius 1 is 1.24 bits per heavy atom. The van der Waals surface area contributed by atoms with Crippen molar-refractivity contribution in [1.29, 1.82) is 0 Å². The lowest BCUT2D eigenvalue weighted by Crippen LogP contribution is -2.30. The van der Waals surface area contributed by atoms with Crippen molar-refractivity contribution in [1.82, 2.24) is 4.31 Å². The van der Waals surface area contributed by atoms with Gasteiger partial charge in [-0.25, -0.2) is 21.6 Å². The standard InChI is InChI=1S/C9H10F3NO3S/c1-13(4-5-14)17(15,16)7-3-2-6(10)8(11)9(7)12/h2-3,14H,4-5H2,1H3. The third-order valence-electron chi connectivity index (χ3n) is 2.10. The van der Waals surface area contributed by atoms with Gasteiger partial charge in [-0.05, 0) is 12.1 Å². The smallest absolute Gasteiger partial charge is 0.245 e. The van der Waals surface area contributed by atoms with Gasteiger partial charge in [0.2, 0.25) is 10.0 Å². The Hall–Kier alpha value is -1.12. The highest BCUT2D eigenvalue weighted by Gasteiger charge is 2.27. The van der Waals surface area contributed by atoms with Crippen molar-refractivity contribution in [2.24, 2.45) is 0 Å². The number of aliphatic hydroxyl groups is 1. The van der Waals surface area contributed by atoms with E-state index in [0.29, 0.717) is 16.4 Å². The molecule has 0 unspecified atom stereocenters. The number of hydrogen-bond acceptors (Lipinski definition) is 3. The Balaban J connectivity index is 3.30. The summed E-state index contributed by atoms with van der Waals surface area (Å²) in [5.74, 6) is -5.08. The van der Waals surface area contributed by atoms with E-state index in [1.54, 1.807) is 0 Å². The first kappa shape index (κ1) is 13.9. The van der Waals surface area contributed by atoms with Gasteiger partial charge in [-0.2, -0.15) is 4.31 Å². The van der Waals surface area contributed by atoms with Gasteiger partial charge in [0.25, 0.3) is 0 Å². The van der Waals surface area contributed by atoms with Crippen molar-refractivity contribution in [3.63, 3.8) is 0 Å². The second kappa shape index (κ2) is 5.03. The zero-order valence-electron chi connectivity index (χ0n) is 8.82. The summed E-state index contributed by atoms with van der Waals surface area (Å²) >= 11 is 0. The molecule has 0 saturated carbocycles. The molecule has 8 heteroatoms. The molecule has 17 heavy (non-hydrogen) atoms. The molecule has 4 nitrogen and oxygen atoms in total. The first-order valence-electron chi connectivity index (χ1n) is 4.53. The minimum atomic E-state index is -4.28. The van der Waals surface area contributed by atoms with Gasteiger partial charge in [0.15, 0.2) is 17.5 Å². The minimum absolute atomic E-state index is 0.277. The van der Waals surface area contributed by atoms with Gasteiger partial charge < -0.3 is 5.11 Å². The molecule has 0 saturated heterocycles. The summed E-state index contributed by atoms with van der Waals surface area (Å²) < 4.78 is 62.8. The van der Waals surface area contributed by atoms with E-state index < -0.39 is 39.0 Å². The fraction of sp³-hybridized carbons (Fsp3) is 0.333. The second-order valence-corrected chi connectivity index (χ2v) is 5.24. The van der Waals surface area contributed by atoms with Crippen molar-refractivity contribution in [3.8, 4) is 0 Å². The van der Waals surface area contributed by atoms with Gasteiger partial charge in [-0.3, -0.25) is 0 Å². The van der Waals surface area contributed by atoms with Crippen molar-refractivity contribution >= 4 is 10.0 Å². The van der Waals surface area contributed by atoms with Gasteiger partial charge >= 0.3 is 0 Å². The maximum Gasteiger partial charge on any atom is 0.245 e. The van der Waals surface area contributed by atoms with Gasteiger partial charge in [0, 0.05) is 13.6 Å². The van der Waals surface area contributed by atoms with E-state index in [0.717, 1.165) is 7.05 Å². The maximum atomic E-state index is 13.3. The molecule has 1 aromatic rings. The van der Waals surface area contributed by atoms with Crippen LogP contribution in [0.4, 0.5) is 13.2 Å². The van der Waals surface area contributed by atoms with E-state index in [-0.39, 0.29) is 6.54 Å². The van der Waals surface area contributed by atoms with Gasteiger partial charge in [-0.1, -0.05) is 0 Å². The highest BCUT2D eigenvalue weighted by molar-refractivity contribution is 7.89. The summed E-state index contributed by atoms with van der Waals surface area (Å²) in [5.41, 5.74) is 0. The Morgan fingerprint density at radius 2 is 1.82 bits per heavy atom. The summed E-state index contributed by atoms with van der Waals surface area (Å²) in [6.07, 6.45) is 0. The Morgan fingerprint density at radius 3 is 2.35 bits per heavy atom. The van der Waals surface area contributed by atoms with Crippen LogP contribution in [0.2, 0.25) is 0 Å². The van der Waals surface area contributed by atoms with Crippen LogP contribution in [0, 0.1) is 17.5 Å². The lowest BCUT2D eigenvalue weighted by Gasteiger charge is -2.16. The van der Waals surface area contributed by atoms with Gasteiger partial charge in [0.05, 0.1) is 6.61 Å². The Kier molecular flexibility index (Phi) is 4.12. The van der Waals surface area contributed by atoms with Crippen molar-refractivity contribution < 1.29 is 26.7 Å². The van der Waals surface area contributed by atoms with Crippen molar-refractivity contribution in [2.45, 2.75) is 4.90 Å². The molecule has 0 atom stereocenters. The van der Waals surface area contributed by atoms with Crippen LogP contribution in [-0.4, -0.2) is 38.0 Å². The molecule has 0 fully saturated rings. The summed E-state index contributed by atoms with van der Waals surface area (Å²) in [5, 5.41) is 8.58. The predicted molar refractivity (Wildman–Crippen MR) is 53.2 cm³/mol. The largest absolute Gasteiger partial charge is 0.395 e. The number of likely N-dealkylation sites (N-methyl/N-ethyl adjacent to an activating group) is 1. The molecule has 0 aliphatic heterocycles. The average Bonchev–Trinajstić information content (AvgIpc) is 2.26. The first-order chi connectivity index (χ1) is 7.82. The lowest BCUT2D eigenvalue weighted by molar-refractivity contribution is 0.266. The monoisotopic (exact) mass is 269 g/mol. The quantitative estimate of drug-likeness (QED) is 0.819. The van der Waals surface area contributed by atoms with E-state index in [2.05, 4.69) is 0 Å². The van der Waals surface area contributed by atoms with Crippen LogP contribution in [0.1, 0.15) is 0 Å². The fourth-order valence-electron chi connectivity index (χ4n) is 1.14. The van der Waals surface area contributed by atoms with Crippen LogP contribution in [0.25, 0.3) is 0 Å². The van der Waals surface area contributed by atoms with Crippen LogP contribution in [0.15, 0.2) is 17.0 Å². The normalized spacial score (nSPS) is 12.1. The molecule has 1 rings (SSSR count). The van der Waals surface area contributed by atoms with Crippen molar-refractivity contribution in [3.05, 3.63) is 29.6 Å². The van der Waals surface area contributed by atoms with E-state index in [4.69, 9.17) is 5.11 Å². The fourth-order valence-corrected chi connectivity index (χ4v) is 2.35. The van der Waals surface area contributed by atoms with E-state index in [9.17, 15) is 21.6 Å². The summed E-state index contributed by atoms with van der Waals surface area (Å²) in [7, 11) is -3.19. The van der Waals surface area contributed by atoms with Gasteiger partial charge in [-0.15, -0.1) is 0 Å². The van der Waals surface area contributed by atoms with Crippen LogP contribution < -0.4 is 0 Å². The molecule has 1 N–H and O–H groups in total. The molecular weight excluding hydrogens is 259 g/mol. The Bertz CT molecular complexity index is 518. The van der Waals surface area contributed by atoms with Crippen LogP contribution in [0.3, 0.4) is 0 Å². The van der Waals surface area contributed by atoms with E-state index in [1.165, 1.54) is 0 Å². The third-order valence-corrected chi connectivity index (χ3v) is 3.98. The molecule has 0 bridgehead atoms. The molecule has 0 aliphatic rings. The number of nitrogens with zero attached hydrogens (tertiary/aromatic N) is 1. The van der Waals surface area contributed by atoms with Crippen molar-refractivity contribution in [2.75, 3.05) is 20.2 Å². The van der Waals surface area contributed by atoms with E-state index >= 15 is 0 Å². The maximum absolute atomic E-state index is 13.3.